The SMILES string of the molecule is C[C@H]1CCC[C@@](O)(CN2c3ccc(Cl)cc3C=CC2N2CCC(O)CC2)C1. The van der Waals surface area contributed by atoms with Gasteiger partial charge in [-0.15, -0.1) is 0 Å². The van der Waals surface area contributed by atoms with E-state index in [-0.39, 0.29) is 12.3 Å². The summed E-state index contributed by atoms with van der Waals surface area (Å²) < 4.78 is 0. The number of anilines is 1. The number of likely N-dealkylation sites (tertiary alicyclic amines) is 1. The number of piperidine rings is 1. The van der Waals surface area contributed by atoms with E-state index in [1.165, 1.54) is 6.42 Å². The fourth-order valence-electron chi connectivity index (χ4n) is 5.10. The van der Waals surface area contributed by atoms with E-state index in [4.69, 9.17) is 11.6 Å². The highest BCUT2D eigenvalue weighted by atomic mass is 35.5. The van der Waals surface area contributed by atoms with Crippen molar-refractivity contribution >= 4 is 23.4 Å². The summed E-state index contributed by atoms with van der Waals surface area (Å²) in [7, 11) is 0. The fraction of sp³-hybridized carbons (Fsp3) is 0.636. The number of nitrogens with zero attached hydrogens (tertiary/aromatic N) is 2. The molecule has 2 fully saturated rings. The summed E-state index contributed by atoms with van der Waals surface area (Å²) in [5, 5.41) is 22.0. The fourth-order valence-corrected chi connectivity index (χ4v) is 5.28. The third kappa shape index (κ3) is 4.19. The lowest BCUT2D eigenvalue weighted by atomic mass is 9.78. The van der Waals surface area contributed by atoms with Gasteiger partial charge < -0.3 is 15.1 Å². The largest absolute Gasteiger partial charge is 0.393 e. The Kier molecular flexibility index (Phi) is 5.52. The molecule has 2 heterocycles. The third-order valence-corrected chi connectivity index (χ3v) is 6.71. The molecule has 1 saturated heterocycles. The van der Waals surface area contributed by atoms with Gasteiger partial charge in [0.25, 0.3) is 0 Å². The van der Waals surface area contributed by atoms with E-state index in [2.05, 4.69) is 34.9 Å². The van der Waals surface area contributed by atoms with Crippen LogP contribution in [-0.4, -0.2) is 52.6 Å². The maximum Gasteiger partial charge on any atom is 0.102 e. The molecular weight excluding hydrogens is 360 g/mol. The standard InChI is InChI=1S/C22H31ClN2O2/c1-16-3-2-10-22(27,14-16)15-25-20-6-5-18(23)13-17(20)4-7-21(25)24-11-8-19(26)9-12-24/h4-7,13,16,19,21,26-27H,2-3,8-12,14-15H2,1H3/t16-,21?,22-/m0/s1. The Hall–Kier alpha value is -1.07. The van der Waals surface area contributed by atoms with Crippen LogP contribution in [-0.2, 0) is 0 Å². The van der Waals surface area contributed by atoms with Gasteiger partial charge in [-0.05, 0) is 61.4 Å². The predicted octanol–water partition coefficient (Wildman–Crippen LogP) is 3.90. The molecule has 3 aliphatic rings. The molecule has 0 bridgehead atoms. The quantitative estimate of drug-likeness (QED) is 0.821. The van der Waals surface area contributed by atoms with Crippen LogP contribution in [0.4, 0.5) is 5.69 Å². The van der Waals surface area contributed by atoms with Gasteiger partial charge in [-0.2, -0.15) is 0 Å². The minimum atomic E-state index is -0.646. The molecule has 148 valence electrons. The first-order valence-corrected chi connectivity index (χ1v) is 10.7. The van der Waals surface area contributed by atoms with Crippen LogP contribution in [0, 0.1) is 5.92 Å². The van der Waals surface area contributed by atoms with Crippen molar-refractivity contribution in [2.45, 2.75) is 63.3 Å². The first-order chi connectivity index (χ1) is 12.9. The Labute approximate surface area is 167 Å². The molecule has 1 unspecified atom stereocenters. The number of rotatable bonds is 3. The van der Waals surface area contributed by atoms with Gasteiger partial charge in [0.1, 0.15) is 6.17 Å². The van der Waals surface area contributed by atoms with Crippen molar-refractivity contribution in [3.8, 4) is 0 Å². The molecule has 3 atom stereocenters. The molecule has 5 heteroatoms. The Morgan fingerprint density at radius 2 is 2.00 bits per heavy atom. The highest BCUT2D eigenvalue weighted by Gasteiger charge is 2.39. The van der Waals surface area contributed by atoms with Gasteiger partial charge in [-0.3, -0.25) is 4.90 Å². The number of fused-ring (bicyclic) bond motifs is 1. The number of aliphatic hydroxyl groups excluding tert-OH is 1. The number of β-amino-alcohol motifs (C(OH)–C–C–N with tert-alkyl or cyclic N) is 1. The smallest absolute Gasteiger partial charge is 0.102 e. The summed E-state index contributed by atoms with van der Waals surface area (Å²) in [5.41, 5.74) is 1.61. The van der Waals surface area contributed by atoms with Crippen molar-refractivity contribution in [3.63, 3.8) is 0 Å². The molecule has 1 aromatic rings. The van der Waals surface area contributed by atoms with Gasteiger partial charge in [0, 0.05) is 30.3 Å². The molecule has 0 aromatic heterocycles. The maximum atomic E-state index is 11.4. The lowest BCUT2D eigenvalue weighted by Crippen LogP contribution is -2.57. The number of benzene rings is 1. The monoisotopic (exact) mass is 390 g/mol. The van der Waals surface area contributed by atoms with Gasteiger partial charge in [0.2, 0.25) is 0 Å². The van der Waals surface area contributed by atoms with Crippen LogP contribution in [0.15, 0.2) is 24.3 Å². The Morgan fingerprint density at radius 3 is 2.74 bits per heavy atom. The zero-order chi connectivity index (χ0) is 19.0. The third-order valence-electron chi connectivity index (χ3n) is 6.47. The van der Waals surface area contributed by atoms with Crippen molar-refractivity contribution in [1.29, 1.82) is 0 Å². The highest BCUT2D eigenvalue weighted by Crippen LogP contribution is 2.38. The Bertz CT molecular complexity index is 702. The average molecular weight is 391 g/mol. The van der Waals surface area contributed by atoms with Gasteiger partial charge >= 0.3 is 0 Å². The van der Waals surface area contributed by atoms with Crippen LogP contribution in [0.2, 0.25) is 5.02 Å². The second-order valence-electron chi connectivity index (χ2n) is 8.80. The van der Waals surface area contributed by atoms with E-state index in [1.807, 2.05) is 12.1 Å². The molecule has 0 amide bonds. The van der Waals surface area contributed by atoms with Gasteiger partial charge in [-0.1, -0.05) is 37.4 Å². The van der Waals surface area contributed by atoms with Gasteiger partial charge in [-0.25, -0.2) is 0 Å². The van der Waals surface area contributed by atoms with E-state index in [9.17, 15) is 10.2 Å². The summed E-state index contributed by atoms with van der Waals surface area (Å²) in [6.07, 6.45) is 9.97. The second kappa shape index (κ2) is 7.75. The van der Waals surface area contributed by atoms with Crippen LogP contribution < -0.4 is 4.90 Å². The molecule has 2 aliphatic heterocycles. The lowest BCUT2D eigenvalue weighted by Gasteiger charge is -2.48. The summed E-state index contributed by atoms with van der Waals surface area (Å²) in [5.74, 6) is 0.567. The normalized spacial score (nSPS) is 32.5. The Morgan fingerprint density at radius 1 is 1.22 bits per heavy atom. The summed E-state index contributed by atoms with van der Waals surface area (Å²) in [6, 6.07) is 6.03. The topological polar surface area (TPSA) is 46.9 Å². The van der Waals surface area contributed by atoms with Gasteiger partial charge in [0.05, 0.1) is 11.7 Å². The zero-order valence-corrected chi connectivity index (χ0v) is 16.9. The summed E-state index contributed by atoms with van der Waals surface area (Å²) >= 11 is 6.22. The van der Waals surface area contributed by atoms with E-state index in [1.54, 1.807) is 0 Å². The molecule has 0 radical (unpaired) electrons. The molecule has 0 spiro atoms. The molecule has 4 nitrogen and oxygen atoms in total. The minimum absolute atomic E-state index is 0.118. The van der Waals surface area contributed by atoms with E-state index >= 15 is 0 Å². The molecule has 2 N–H and O–H groups in total. The second-order valence-corrected chi connectivity index (χ2v) is 9.23. The van der Waals surface area contributed by atoms with E-state index in [0.717, 1.165) is 61.5 Å². The average Bonchev–Trinajstić information content (AvgIpc) is 2.62. The summed E-state index contributed by atoms with van der Waals surface area (Å²) in [4.78, 5) is 4.79. The van der Waals surface area contributed by atoms with Crippen molar-refractivity contribution in [2.75, 3.05) is 24.5 Å². The zero-order valence-electron chi connectivity index (χ0n) is 16.1. The minimum Gasteiger partial charge on any atom is -0.393 e. The van der Waals surface area contributed by atoms with E-state index in [0.29, 0.717) is 12.5 Å². The lowest BCUT2D eigenvalue weighted by molar-refractivity contribution is -0.0116. The van der Waals surface area contributed by atoms with Crippen LogP contribution >= 0.6 is 11.6 Å². The molecule has 1 saturated carbocycles. The first-order valence-electron chi connectivity index (χ1n) is 10.3. The molecule has 1 aliphatic carbocycles. The van der Waals surface area contributed by atoms with Crippen molar-refractivity contribution in [1.82, 2.24) is 4.90 Å². The number of aliphatic hydroxyl groups is 2. The van der Waals surface area contributed by atoms with Crippen LogP contribution in [0.5, 0.6) is 0 Å². The molecule has 4 rings (SSSR count). The summed E-state index contributed by atoms with van der Waals surface area (Å²) in [6.45, 7) is 4.65. The number of hydrogen-bond donors (Lipinski definition) is 2. The molecule has 1 aromatic carbocycles. The highest BCUT2D eigenvalue weighted by molar-refractivity contribution is 6.30. The van der Waals surface area contributed by atoms with E-state index < -0.39 is 5.60 Å². The van der Waals surface area contributed by atoms with Crippen LogP contribution in [0.1, 0.15) is 51.0 Å². The van der Waals surface area contributed by atoms with Crippen molar-refractivity contribution in [2.24, 2.45) is 5.92 Å². The molecular formula is C22H31ClN2O2. The maximum absolute atomic E-state index is 11.4. The molecule has 27 heavy (non-hydrogen) atoms. The predicted molar refractivity (Wildman–Crippen MR) is 111 cm³/mol. The van der Waals surface area contributed by atoms with Crippen molar-refractivity contribution in [3.05, 3.63) is 34.9 Å². The van der Waals surface area contributed by atoms with Gasteiger partial charge in [0.15, 0.2) is 0 Å². The first kappa shape index (κ1) is 19.3. The Balaban J connectivity index is 1.63. The number of halogens is 1. The number of hydrogen-bond acceptors (Lipinski definition) is 4. The van der Waals surface area contributed by atoms with Crippen LogP contribution in [0.25, 0.3) is 6.08 Å². The van der Waals surface area contributed by atoms with Crippen LogP contribution in [0.3, 0.4) is 0 Å². The van der Waals surface area contributed by atoms with Crippen molar-refractivity contribution < 1.29 is 10.2 Å².